The van der Waals surface area contributed by atoms with E-state index in [1.165, 1.54) is 12.1 Å². The van der Waals surface area contributed by atoms with E-state index in [0.29, 0.717) is 22.2 Å². The van der Waals surface area contributed by atoms with Gasteiger partial charge in [0.15, 0.2) is 5.43 Å². The molecule has 150 valence electrons. The van der Waals surface area contributed by atoms with Gasteiger partial charge in [-0.15, -0.1) is 0 Å². The molecule has 1 aromatic heterocycles. The Labute approximate surface area is 167 Å². The normalized spacial score (nSPS) is 14.2. The summed E-state index contributed by atoms with van der Waals surface area (Å²) in [5.74, 6) is -0.668. The Balaban J connectivity index is 1.50. The smallest absolute Gasteiger partial charge is 0.268 e. The number of aromatic nitrogens is 1. The number of benzene rings is 2. The molecule has 1 saturated heterocycles. The van der Waals surface area contributed by atoms with E-state index < -0.39 is 0 Å². The van der Waals surface area contributed by atoms with E-state index in [0.717, 1.165) is 26.2 Å². The first kappa shape index (κ1) is 19.1. The highest BCUT2D eigenvalue weighted by Crippen LogP contribution is 2.21. The minimum absolute atomic E-state index is 0.179. The second-order valence-corrected chi connectivity index (χ2v) is 7.18. The van der Waals surface area contributed by atoms with E-state index in [9.17, 15) is 14.0 Å². The molecule has 0 aliphatic carbocycles. The van der Waals surface area contributed by atoms with Crippen molar-refractivity contribution in [2.45, 2.75) is 6.54 Å². The molecular formula is C22H23FN4O2. The summed E-state index contributed by atoms with van der Waals surface area (Å²) in [6, 6.07) is 13.5. The number of para-hydroxylation sites is 1. The average molecular weight is 394 g/mol. The monoisotopic (exact) mass is 394 g/mol. The van der Waals surface area contributed by atoms with Crippen LogP contribution in [0.3, 0.4) is 0 Å². The molecule has 0 radical (unpaired) electrons. The van der Waals surface area contributed by atoms with Crippen LogP contribution >= 0.6 is 0 Å². The van der Waals surface area contributed by atoms with Crippen molar-refractivity contribution >= 4 is 22.5 Å². The number of fused-ring (bicyclic) bond motifs is 1. The number of halogens is 1. The predicted octanol–water partition coefficient (Wildman–Crippen LogP) is 2.02. The molecule has 0 bridgehead atoms. The highest BCUT2D eigenvalue weighted by Gasteiger charge is 2.16. The Bertz CT molecular complexity index is 1120. The van der Waals surface area contributed by atoms with Gasteiger partial charge in [0.25, 0.3) is 5.91 Å². The van der Waals surface area contributed by atoms with Crippen LogP contribution in [0.2, 0.25) is 0 Å². The summed E-state index contributed by atoms with van der Waals surface area (Å²) in [5.41, 5.74) is 2.01. The number of anilines is 1. The first-order chi connectivity index (χ1) is 14.0. The summed E-state index contributed by atoms with van der Waals surface area (Å²) in [7, 11) is 1.75. The minimum Gasteiger partial charge on any atom is -0.367 e. The first-order valence-electron chi connectivity index (χ1n) is 9.65. The molecule has 2 aromatic carbocycles. The fourth-order valence-corrected chi connectivity index (χ4v) is 3.72. The Morgan fingerprint density at radius 3 is 2.66 bits per heavy atom. The van der Waals surface area contributed by atoms with Crippen molar-refractivity contribution in [3.8, 4) is 0 Å². The van der Waals surface area contributed by atoms with Gasteiger partial charge in [-0.3, -0.25) is 9.59 Å². The van der Waals surface area contributed by atoms with Gasteiger partial charge < -0.3 is 20.1 Å². The zero-order valence-corrected chi connectivity index (χ0v) is 16.2. The van der Waals surface area contributed by atoms with Crippen molar-refractivity contribution < 1.29 is 9.18 Å². The maximum absolute atomic E-state index is 14.6. The Morgan fingerprint density at radius 1 is 1.14 bits per heavy atom. The van der Waals surface area contributed by atoms with Gasteiger partial charge in [0.05, 0.1) is 11.2 Å². The number of hydrogen-bond donors (Lipinski definition) is 2. The van der Waals surface area contributed by atoms with Gasteiger partial charge in [0.2, 0.25) is 0 Å². The highest BCUT2D eigenvalue weighted by molar-refractivity contribution is 5.95. The van der Waals surface area contributed by atoms with Gasteiger partial charge in [-0.2, -0.15) is 0 Å². The number of nitrogens with one attached hydrogen (secondary N) is 2. The van der Waals surface area contributed by atoms with E-state index in [1.54, 1.807) is 35.9 Å². The van der Waals surface area contributed by atoms with Crippen molar-refractivity contribution in [3.05, 3.63) is 75.8 Å². The van der Waals surface area contributed by atoms with Gasteiger partial charge in [-0.1, -0.05) is 18.2 Å². The Kier molecular flexibility index (Phi) is 5.31. The van der Waals surface area contributed by atoms with Gasteiger partial charge in [0.1, 0.15) is 11.5 Å². The maximum atomic E-state index is 14.6. The predicted molar refractivity (Wildman–Crippen MR) is 112 cm³/mol. The second-order valence-electron chi connectivity index (χ2n) is 7.18. The minimum atomic E-state index is -0.373. The summed E-state index contributed by atoms with van der Waals surface area (Å²) < 4.78 is 16.2. The van der Waals surface area contributed by atoms with Gasteiger partial charge in [0, 0.05) is 51.2 Å². The lowest BCUT2D eigenvalue weighted by molar-refractivity contribution is 0.0942. The number of carbonyl (C=O) groups is 1. The van der Waals surface area contributed by atoms with Crippen LogP contribution in [0.5, 0.6) is 0 Å². The third-order valence-corrected chi connectivity index (χ3v) is 5.32. The lowest BCUT2D eigenvalue weighted by Gasteiger charge is -2.29. The van der Waals surface area contributed by atoms with Crippen molar-refractivity contribution in [1.29, 1.82) is 0 Å². The lowest BCUT2D eigenvalue weighted by Crippen LogP contribution is -2.43. The summed E-state index contributed by atoms with van der Waals surface area (Å²) >= 11 is 0. The fraction of sp³-hybridized carbons (Fsp3) is 0.273. The zero-order chi connectivity index (χ0) is 20.4. The fourth-order valence-electron chi connectivity index (χ4n) is 3.72. The van der Waals surface area contributed by atoms with Crippen molar-refractivity contribution in [3.63, 3.8) is 0 Å². The number of piperazine rings is 1. The van der Waals surface area contributed by atoms with Crippen molar-refractivity contribution in [2.24, 2.45) is 7.05 Å². The van der Waals surface area contributed by atoms with Gasteiger partial charge in [-0.05, 0) is 29.8 Å². The van der Waals surface area contributed by atoms with Crippen LogP contribution in [0.4, 0.5) is 10.1 Å². The number of rotatable bonds is 4. The molecule has 1 aliphatic rings. The van der Waals surface area contributed by atoms with E-state index in [4.69, 9.17) is 0 Å². The van der Waals surface area contributed by atoms with Crippen molar-refractivity contribution in [1.82, 2.24) is 15.2 Å². The number of nitrogens with zero attached hydrogens (tertiary/aromatic N) is 2. The molecule has 7 heteroatoms. The maximum Gasteiger partial charge on any atom is 0.268 e. The van der Waals surface area contributed by atoms with Crippen LogP contribution in [0.15, 0.2) is 53.3 Å². The molecule has 0 spiro atoms. The van der Waals surface area contributed by atoms with Crippen LogP contribution in [-0.4, -0.2) is 36.7 Å². The molecule has 4 rings (SSSR count). The SMILES string of the molecule is Cn1c(C(=O)NCc2ccc(N3CCNCC3)c(F)c2)cc(=O)c2ccccc21. The quantitative estimate of drug-likeness (QED) is 0.711. The van der Waals surface area contributed by atoms with E-state index in [1.807, 2.05) is 17.0 Å². The van der Waals surface area contributed by atoms with E-state index in [2.05, 4.69) is 10.6 Å². The molecular weight excluding hydrogens is 371 g/mol. The Morgan fingerprint density at radius 2 is 1.90 bits per heavy atom. The summed E-state index contributed by atoms with van der Waals surface area (Å²) in [6.45, 7) is 3.38. The third kappa shape index (κ3) is 3.86. The molecule has 2 N–H and O–H groups in total. The molecule has 2 heterocycles. The topological polar surface area (TPSA) is 66.4 Å². The van der Waals surface area contributed by atoms with E-state index >= 15 is 0 Å². The summed E-state index contributed by atoms with van der Waals surface area (Å²) in [4.78, 5) is 27.0. The summed E-state index contributed by atoms with van der Waals surface area (Å²) in [6.07, 6.45) is 0. The van der Waals surface area contributed by atoms with Gasteiger partial charge >= 0.3 is 0 Å². The first-order valence-corrected chi connectivity index (χ1v) is 9.65. The standard InChI is InChI=1S/C22H23FN4O2/c1-26-18-5-3-2-4-16(18)21(28)13-20(26)22(29)25-14-15-6-7-19(17(23)12-15)27-10-8-24-9-11-27/h2-7,12-13,24H,8-11,14H2,1H3,(H,25,29). The second kappa shape index (κ2) is 8.05. The molecule has 0 atom stereocenters. The van der Waals surface area contributed by atoms with Crippen LogP contribution in [0.1, 0.15) is 16.1 Å². The number of hydrogen-bond acceptors (Lipinski definition) is 4. The van der Waals surface area contributed by atoms with Gasteiger partial charge in [-0.25, -0.2) is 4.39 Å². The van der Waals surface area contributed by atoms with Crippen LogP contribution in [0, 0.1) is 5.82 Å². The van der Waals surface area contributed by atoms with Crippen molar-refractivity contribution in [2.75, 3.05) is 31.1 Å². The molecule has 0 saturated carbocycles. The molecule has 1 amide bonds. The zero-order valence-electron chi connectivity index (χ0n) is 16.2. The molecule has 3 aromatic rings. The molecule has 6 nitrogen and oxygen atoms in total. The highest BCUT2D eigenvalue weighted by atomic mass is 19.1. The van der Waals surface area contributed by atoms with Crippen LogP contribution < -0.4 is 21.0 Å². The molecule has 0 unspecified atom stereocenters. The molecule has 1 fully saturated rings. The molecule has 1 aliphatic heterocycles. The van der Waals surface area contributed by atoms with E-state index in [-0.39, 0.29) is 29.4 Å². The Hall–Kier alpha value is -3.19. The average Bonchev–Trinajstić information content (AvgIpc) is 2.75. The third-order valence-electron chi connectivity index (χ3n) is 5.32. The lowest BCUT2D eigenvalue weighted by atomic mass is 10.1. The number of aryl methyl sites for hydroxylation is 1. The number of carbonyl (C=O) groups excluding carboxylic acids is 1. The summed E-state index contributed by atoms with van der Waals surface area (Å²) in [5, 5.41) is 6.60. The number of pyridine rings is 1. The molecule has 29 heavy (non-hydrogen) atoms. The van der Waals surface area contributed by atoms with Crippen LogP contribution in [-0.2, 0) is 13.6 Å². The van der Waals surface area contributed by atoms with Crippen LogP contribution in [0.25, 0.3) is 10.9 Å². The number of amides is 1. The largest absolute Gasteiger partial charge is 0.367 e.